The quantitative estimate of drug-likeness (QED) is 0.0942. The molecular weight excluding hydrogens is 929 g/mol. The molecule has 67 heavy (non-hydrogen) atoms. The number of halogens is 8. The minimum Gasteiger partial charge on any atom is -0.476 e. The summed E-state index contributed by atoms with van der Waals surface area (Å²) in [5, 5.41) is 25.9. The molecule has 10 rings (SSSR count). The Hall–Kier alpha value is -6.84. The molecule has 2 fully saturated rings. The standard InChI is InChI=1S/C22H18ClF3N6O.C14H13N5O2.C8H7ClF3N/c23-17-5-4-15(21(25)26)16(20(17)24)7-27-22(33)18-11-32(30-29-18)10-14-9-31-8-13(12-1-2-12)3-6-19(31)28-14;20-14(21)12-8-19(17-16-12)7-11-6-18-5-10(9-1-2-9)3-4-13(18)15-11;9-6-2-1-4(8(11)12)5(3-13)7(6)10/h3-6,8-9,11-12,21H,1-2,7,10H2,(H,27,33);3-6,8-9H,1-2,7H2,(H,20,21);1-2,8H,3,13H2. The van der Waals surface area contributed by atoms with Crippen molar-refractivity contribution in [2.75, 3.05) is 0 Å². The summed E-state index contributed by atoms with van der Waals surface area (Å²) in [4.78, 5) is 32.3. The van der Waals surface area contributed by atoms with Crippen molar-refractivity contribution in [2.45, 2.75) is 76.5 Å². The largest absolute Gasteiger partial charge is 0.476 e. The van der Waals surface area contributed by atoms with Gasteiger partial charge in [0.05, 0.1) is 46.9 Å². The van der Waals surface area contributed by atoms with E-state index in [1.54, 1.807) is 0 Å². The average molecular weight is 968 g/mol. The maximum Gasteiger partial charge on any atom is 0.358 e. The van der Waals surface area contributed by atoms with E-state index in [2.05, 4.69) is 60.4 Å². The Bertz CT molecular complexity index is 3090. The summed E-state index contributed by atoms with van der Waals surface area (Å²) in [6.45, 7) is -0.0561. The van der Waals surface area contributed by atoms with Crippen molar-refractivity contribution in [1.29, 1.82) is 0 Å². The van der Waals surface area contributed by atoms with Gasteiger partial charge in [0.1, 0.15) is 22.9 Å². The van der Waals surface area contributed by atoms with Crippen LogP contribution in [0.3, 0.4) is 0 Å². The van der Waals surface area contributed by atoms with Crippen LogP contribution in [0.25, 0.3) is 11.3 Å². The second-order valence-corrected chi connectivity index (χ2v) is 16.5. The van der Waals surface area contributed by atoms with Crippen LogP contribution in [0, 0.1) is 11.6 Å². The third kappa shape index (κ3) is 11.1. The lowest BCUT2D eigenvalue weighted by Crippen LogP contribution is -2.24. The number of pyridine rings is 2. The molecule has 4 N–H and O–H groups in total. The summed E-state index contributed by atoms with van der Waals surface area (Å²) in [5.74, 6) is -2.27. The van der Waals surface area contributed by atoms with Gasteiger partial charge in [-0.2, -0.15) is 0 Å². The number of nitrogens with two attached hydrogens (primary N) is 1. The number of benzene rings is 2. The molecule has 2 saturated carbocycles. The number of carboxylic acid groups (broad SMARTS) is 1. The number of carbonyl (C=O) groups is 2. The molecule has 0 bridgehead atoms. The number of fused-ring (bicyclic) bond motifs is 2. The number of nitrogens with one attached hydrogen (secondary N) is 1. The number of imidazole rings is 2. The second-order valence-electron chi connectivity index (χ2n) is 15.7. The monoisotopic (exact) mass is 966 g/mol. The van der Waals surface area contributed by atoms with E-state index in [9.17, 15) is 35.9 Å². The first-order valence-corrected chi connectivity index (χ1v) is 21.4. The van der Waals surface area contributed by atoms with E-state index in [4.69, 9.17) is 34.0 Å². The first-order chi connectivity index (χ1) is 32.1. The number of amides is 1. The number of carboxylic acids is 1. The highest BCUT2D eigenvalue weighted by atomic mass is 35.5. The molecule has 2 aromatic carbocycles. The highest BCUT2D eigenvalue weighted by Crippen LogP contribution is 2.41. The van der Waals surface area contributed by atoms with E-state index in [1.165, 1.54) is 58.6 Å². The van der Waals surface area contributed by atoms with Crippen LogP contribution in [0.2, 0.25) is 10.0 Å². The van der Waals surface area contributed by atoms with Gasteiger partial charge in [0.25, 0.3) is 18.8 Å². The van der Waals surface area contributed by atoms with Crippen molar-refractivity contribution < 1.29 is 41.0 Å². The normalized spacial score (nSPS) is 13.5. The minimum atomic E-state index is -2.91. The Morgan fingerprint density at radius 1 is 0.672 bits per heavy atom. The van der Waals surface area contributed by atoms with Gasteiger partial charge in [-0.25, -0.2) is 50.5 Å². The summed E-state index contributed by atoms with van der Waals surface area (Å²) in [5.41, 5.74) is 9.41. The van der Waals surface area contributed by atoms with Gasteiger partial charge in [-0.05, 0) is 72.9 Å². The number of aromatic carboxylic acids is 1. The molecule has 0 saturated heterocycles. The lowest BCUT2D eigenvalue weighted by Gasteiger charge is -2.11. The van der Waals surface area contributed by atoms with Crippen LogP contribution in [-0.2, 0) is 26.2 Å². The van der Waals surface area contributed by atoms with Gasteiger partial charge in [0.2, 0.25) is 0 Å². The Kier molecular flexibility index (Phi) is 13.9. The summed E-state index contributed by atoms with van der Waals surface area (Å²) < 4.78 is 85.1. The first-order valence-electron chi connectivity index (χ1n) is 20.6. The fourth-order valence-electron chi connectivity index (χ4n) is 7.15. The number of carbonyl (C=O) groups excluding carboxylic acids is 1. The fraction of sp³-hybridized carbons (Fsp3) is 0.273. The van der Waals surface area contributed by atoms with E-state index in [0.29, 0.717) is 24.9 Å². The molecule has 2 aliphatic carbocycles. The molecule has 0 spiro atoms. The summed E-state index contributed by atoms with van der Waals surface area (Å²) in [7, 11) is 0. The number of nitrogens with zero attached hydrogens (tertiary/aromatic N) is 10. The number of hydrogen-bond acceptors (Lipinski definition) is 9. The second kappa shape index (κ2) is 19.9. The van der Waals surface area contributed by atoms with E-state index < -0.39 is 54.0 Å². The molecule has 348 valence electrons. The maximum absolute atomic E-state index is 14.2. The summed E-state index contributed by atoms with van der Waals surface area (Å²) >= 11 is 11.1. The van der Waals surface area contributed by atoms with E-state index in [1.807, 2.05) is 33.3 Å². The minimum absolute atomic E-state index is 0.0317. The molecule has 6 heterocycles. The third-order valence-electron chi connectivity index (χ3n) is 10.9. The first kappa shape index (κ1) is 46.7. The van der Waals surface area contributed by atoms with Gasteiger partial charge in [-0.1, -0.05) is 57.9 Å². The van der Waals surface area contributed by atoms with Crippen LogP contribution in [-0.4, -0.2) is 65.7 Å². The van der Waals surface area contributed by atoms with E-state index in [-0.39, 0.29) is 39.1 Å². The van der Waals surface area contributed by atoms with Crippen LogP contribution in [0.1, 0.15) is 116 Å². The zero-order valence-corrected chi connectivity index (χ0v) is 36.4. The molecule has 15 nitrogen and oxygen atoms in total. The topological polar surface area (TPSA) is 188 Å². The number of alkyl halides is 4. The number of aromatic nitrogens is 10. The van der Waals surface area contributed by atoms with Gasteiger partial charge in [-0.15, -0.1) is 10.2 Å². The predicted molar refractivity (Wildman–Crippen MR) is 231 cm³/mol. The molecule has 8 aromatic rings. The van der Waals surface area contributed by atoms with Crippen molar-refractivity contribution in [3.8, 4) is 0 Å². The lowest BCUT2D eigenvalue weighted by molar-refractivity contribution is 0.0690. The van der Waals surface area contributed by atoms with Crippen molar-refractivity contribution in [3.05, 3.63) is 164 Å². The lowest BCUT2D eigenvalue weighted by atomic mass is 10.1. The Morgan fingerprint density at radius 2 is 1.13 bits per heavy atom. The van der Waals surface area contributed by atoms with E-state index >= 15 is 0 Å². The van der Waals surface area contributed by atoms with Gasteiger partial charge >= 0.3 is 5.97 Å². The molecule has 0 unspecified atom stereocenters. The molecule has 0 atom stereocenters. The Balaban J connectivity index is 0.000000152. The molecule has 1 amide bonds. The molecule has 6 aromatic heterocycles. The molecule has 0 aliphatic heterocycles. The zero-order chi connectivity index (χ0) is 47.5. The smallest absolute Gasteiger partial charge is 0.358 e. The molecule has 23 heteroatoms. The summed E-state index contributed by atoms with van der Waals surface area (Å²) in [6.07, 6.45) is 10.2. The Labute approximate surface area is 386 Å². The highest BCUT2D eigenvalue weighted by molar-refractivity contribution is 6.31. The predicted octanol–water partition coefficient (Wildman–Crippen LogP) is 8.94. The van der Waals surface area contributed by atoms with Crippen molar-refractivity contribution in [3.63, 3.8) is 0 Å². The third-order valence-corrected chi connectivity index (χ3v) is 11.5. The molecule has 2 aliphatic rings. The summed E-state index contributed by atoms with van der Waals surface area (Å²) in [6, 6.07) is 12.5. The van der Waals surface area contributed by atoms with Gasteiger partial charge in [-0.3, -0.25) is 4.79 Å². The van der Waals surface area contributed by atoms with Crippen LogP contribution in [0.4, 0.5) is 26.3 Å². The average Bonchev–Trinajstić information content (AvgIpc) is 4.14. The Morgan fingerprint density at radius 3 is 1.58 bits per heavy atom. The molecule has 0 radical (unpaired) electrons. The van der Waals surface area contributed by atoms with Gasteiger partial charge < -0.3 is 25.0 Å². The SMILES string of the molecule is NCc1c(C(F)F)ccc(Cl)c1F.O=C(NCc1c(C(F)F)ccc(Cl)c1F)c1cn(Cc2cn3cc(C4CC4)ccc3n2)nn1.O=C(O)c1cn(Cc2cn3cc(C4CC4)ccc3n2)nn1. The van der Waals surface area contributed by atoms with Crippen molar-refractivity contribution in [2.24, 2.45) is 5.73 Å². The van der Waals surface area contributed by atoms with Gasteiger partial charge in [0, 0.05) is 60.1 Å². The van der Waals surface area contributed by atoms with Crippen LogP contribution >= 0.6 is 23.2 Å². The molecular formula is C44H38Cl2F6N12O3. The van der Waals surface area contributed by atoms with Crippen LogP contribution in [0.5, 0.6) is 0 Å². The number of rotatable bonds is 13. The maximum atomic E-state index is 14.2. The van der Waals surface area contributed by atoms with Crippen molar-refractivity contribution >= 4 is 46.4 Å². The fourth-order valence-corrected chi connectivity index (χ4v) is 7.50. The van der Waals surface area contributed by atoms with E-state index in [0.717, 1.165) is 46.9 Å². The zero-order valence-electron chi connectivity index (χ0n) is 34.9. The van der Waals surface area contributed by atoms with Crippen LogP contribution in [0.15, 0.2) is 85.7 Å². The van der Waals surface area contributed by atoms with Crippen LogP contribution < -0.4 is 11.1 Å². The van der Waals surface area contributed by atoms with Gasteiger partial charge in [0.15, 0.2) is 11.4 Å². The highest BCUT2D eigenvalue weighted by Gasteiger charge is 2.25. The van der Waals surface area contributed by atoms with Crippen molar-refractivity contribution in [1.82, 2.24) is 54.1 Å². The number of hydrogen-bond donors (Lipinski definition) is 3.